The van der Waals surface area contributed by atoms with E-state index in [4.69, 9.17) is 9.47 Å². The molecule has 0 saturated heterocycles. The summed E-state index contributed by atoms with van der Waals surface area (Å²) in [7, 11) is 3.28. The Morgan fingerprint density at radius 1 is 1.21 bits per heavy atom. The lowest BCUT2D eigenvalue weighted by Gasteiger charge is -2.08. The minimum Gasteiger partial charge on any atom is -0.493 e. The second-order valence-electron chi connectivity index (χ2n) is 4.03. The Balaban J connectivity index is 2.41. The van der Waals surface area contributed by atoms with E-state index in [2.05, 4.69) is 17.2 Å². The Morgan fingerprint density at radius 2 is 1.95 bits per heavy atom. The monoisotopic (exact) mass is 278 g/mol. The predicted molar refractivity (Wildman–Crippen MR) is 79.6 cm³/mol. The highest BCUT2D eigenvalue weighted by Gasteiger charge is 2.12. The summed E-state index contributed by atoms with van der Waals surface area (Å²) in [5, 5.41) is 4.19. The van der Waals surface area contributed by atoms with Crippen LogP contribution in [0.15, 0.2) is 18.2 Å². The van der Waals surface area contributed by atoms with Gasteiger partial charge in [-0.25, -0.2) is 4.98 Å². The lowest BCUT2D eigenvalue weighted by molar-refractivity contribution is 0.355. The van der Waals surface area contributed by atoms with Crippen molar-refractivity contribution in [1.29, 1.82) is 0 Å². The molecule has 0 atom stereocenters. The Morgan fingerprint density at radius 3 is 2.58 bits per heavy atom. The van der Waals surface area contributed by atoms with E-state index in [1.54, 1.807) is 25.6 Å². The van der Waals surface area contributed by atoms with Gasteiger partial charge >= 0.3 is 0 Å². The molecule has 0 spiro atoms. The van der Waals surface area contributed by atoms with Gasteiger partial charge in [-0.05, 0) is 37.6 Å². The fraction of sp³-hybridized carbons (Fsp3) is 0.357. The molecule has 0 saturated carbocycles. The number of ether oxygens (including phenoxy) is 2. The Kier molecular flexibility index (Phi) is 4.27. The number of hydrogen-bond acceptors (Lipinski definition) is 5. The maximum atomic E-state index is 5.34. The van der Waals surface area contributed by atoms with Crippen molar-refractivity contribution in [1.82, 2.24) is 4.98 Å². The molecule has 0 aliphatic rings. The summed E-state index contributed by atoms with van der Waals surface area (Å²) in [6.45, 7) is 4.95. The fourth-order valence-electron chi connectivity index (χ4n) is 1.87. The second kappa shape index (κ2) is 5.93. The third kappa shape index (κ3) is 2.81. The van der Waals surface area contributed by atoms with Gasteiger partial charge < -0.3 is 14.8 Å². The molecule has 2 aromatic rings. The van der Waals surface area contributed by atoms with Gasteiger partial charge in [0, 0.05) is 6.54 Å². The highest BCUT2D eigenvalue weighted by atomic mass is 32.1. The van der Waals surface area contributed by atoms with E-state index in [1.165, 1.54) is 0 Å². The van der Waals surface area contributed by atoms with E-state index in [0.29, 0.717) is 0 Å². The van der Waals surface area contributed by atoms with Crippen LogP contribution in [-0.2, 0) is 0 Å². The number of thiazole rings is 1. The molecular weight excluding hydrogens is 260 g/mol. The maximum Gasteiger partial charge on any atom is 0.183 e. The van der Waals surface area contributed by atoms with Crippen LogP contribution >= 0.6 is 11.3 Å². The van der Waals surface area contributed by atoms with Gasteiger partial charge in [0.1, 0.15) is 0 Å². The number of hydrogen-bond donors (Lipinski definition) is 1. The highest BCUT2D eigenvalue weighted by molar-refractivity contribution is 7.19. The maximum absolute atomic E-state index is 5.34. The fourth-order valence-corrected chi connectivity index (χ4v) is 2.90. The summed E-state index contributed by atoms with van der Waals surface area (Å²) < 4.78 is 10.6. The topological polar surface area (TPSA) is 43.4 Å². The number of nitrogens with one attached hydrogen (secondary N) is 1. The molecule has 0 aliphatic carbocycles. The number of rotatable bonds is 5. The zero-order valence-electron chi connectivity index (χ0n) is 11.6. The SMILES string of the molecule is CCNc1nc(C)c(-c2ccc(OC)c(OC)c2)s1. The van der Waals surface area contributed by atoms with E-state index in [0.717, 1.165) is 39.3 Å². The van der Waals surface area contributed by atoms with Crippen molar-refractivity contribution in [3.8, 4) is 21.9 Å². The lowest BCUT2D eigenvalue weighted by atomic mass is 10.1. The average Bonchev–Trinajstić information content (AvgIpc) is 2.79. The Bertz CT molecular complexity index is 567. The van der Waals surface area contributed by atoms with Crippen molar-refractivity contribution in [3.05, 3.63) is 23.9 Å². The van der Waals surface area contributed by atoms with Crippen molar-refractivity contribution in [2.24, 2.45) is 0 Å². The molecule has 0 unspecified atom stereocenters. The molecular formula is C14H18N2O2S. The van der Waals surface area contributed by atoms with Crippen molar-refractivity contribution < 1.29 is 9.47 Å². The van der Waals surface area contributed by atoms with E-state index in [-0.39, 0.29) is 0 Å². The average molecular weight is 278 g/mol. The predicted octanol–water partition coefficient (Wildman–Crippen LogP) is 3.57. The van der Waals surface area contributed by atoms with E-state index >= 15 is 0 Å². The molecule has 1 aromatic carbocycles. The zero-order chi connectivity index (χ0) is 13.8. The van der Waals surface area contributed by atoms with E-state index in [1.807, 2.05) is 25.1 Å². The van der Waals surface area contributed by atoms with Crippen LogP contribution in [-0.4, -0.2) is 25.7 Å². The summed E-state index contributed by atoms with van der Waals surface area (Å²) >= 11 is 1.65. The van der Waals surface area contributed by atoms with Gasteiger partial charge in [0.05, 0.1) is 24.8 Å². The van der Waals surface area contributed by atoms with Gasteiger partial charge in [-0.15, -0.1) is 0 Å². The molecule has 1 heterocycles. The summed E-state index contributed by atoms with van der Waals surface area (Å²) in [6, 6.07) is 5.92. The number of nitrogens with zero attached hydrogens (tertiary/aromatic N) is 1. The summed E-state index contributed by atoms with van der Waals surface area (Å²) in [5.41, 5.74) is 2.12. The van der Waals surface area contributed by atoms with Crippen molar-refractivity contribution in [2.45, 2.75) is 13.8 Å². The minimum atomic E-state index is 0.734. The molecule has 4 nitrogen and oxygen atoms in total. The molecule has 0 bridgehead atoms. The molecule has 19 heavy (non-hydrogen) atoms. The largest absolute Gasteiger partial charge is 0.493 e. The van der Waals surface area contributed by atoms with Crippen LogP contribution in [0.1, 0.15) is 12.6 Å². The molecule has 5 heteroatoms. The van der Waals surface area contributed by atoms with Crippen LogP contribution in [0.2, 0.25) is 0 Å². The van der Waals surface area contributed by atoms with Gasteiger partial charge in [0.2, 0.25) is 0 Å². The lowest BCUT2D eigenvalue weighted by Crippen LogP contribution is -1.94. The molecule has 0 fully saturated rings. The molecule has 0 aliphatic heterocycles. The van der Waals surface area contributed by atoms with Gasteiger partial charge in [-0.1, -0.05) is 11.3 Å². The van der Waals surface area contributed by atoms with Crippen LogP contribution in [0.3, 0.4) is 0 Å². The zero-order valence-corrected chi connectivity index (χ0v) is 12.4. The van der Waals surface area contributed by atoms with Crippen molar-refractivity contribution in [2.75, 3.05) is 26.1 Å². The first-order valence-corrected chi connectivity index (χ1v) is 6.95. The number of benzene rings is 1. The smallest absolute Gasteiger partial charge is 0.183 e. The standard InChI is InChI=1S/C14H18N2O2S/c1-5-15-14-16-9(2)13(19-14)10-6-7-11(17-3)12(8-10)18-4/h6-8H,5H2,1-4H3,(H,15,16). The summed E-state index contributed by atoms with van der Waals surface area (Å²) in [6.07, 6.45) is 0. The summed E-state index contributed by atoms with van der Waals surface area (Å²) in [4.78, 5) is 5.66. The first-order chi connectivity index (χ1) is 9.19. The minimum absolute atomic E-state index is 0.734. The van der Waals surface area contributed by atoms with Gasteiger partial charge in [0.15, 0.2) is 16.6 Å². The summed E-state index contributed by atoms with van der Waals surface area (Å²) in [5.74, 6) is 1.47. The molecule has 1 aromatic heterocycles. The van der Waals surface area contributed by atoms with Gasteiger partial charge in [-0.3, -0.25) is 0 Å². The molecule has 2 rings (SSSR count). The van der Waals surface area contributed by atoms with Crippen LogP contribution in [0.25, 0.3) is 10.4 Å². The van der Waals surface area contributed by atoms with Crippen LogP contribution < -0.4 is 14.8 Å². The van der Waals surface area contributed by atoms with Crippen LogP contribution in [0.5, 0.6) is 11.5 Å². The number of anilines is 1. The highest BCUT2D eigenvalue weighted by Crippen LogP contribution is 2.37. The Labute approximate surface area is 117 Å². The number of methoxy groups -OCH3 is 2. The third-order valence-electron chi connectivity index (χ3n) is 2.77. The molecule has 102 valence electrons. The van der Waals surface area contributed by atoms with Crippen LogP contribution in [0.4, 0.5) is 5.13 Å². The van der Waals surface area contributed by atoms with Crippen LogP contribution in [0, 0.1) is 6.92 Å². The molecule has 0 radical (unpaired) electrons. The number of aromatic nitrogens is 1. The first kappa shape index (κ1) is 13.7. The molecule has 1 N–H and O–H groups in total. The van der Waals surface area contributed by atoms with Gasteiger partial charge in [-0.2, -0.15) is 0 Å². The van der Waals surface area contributed by atoms with Crippen molar-refractivity contribution in [3.63, 3.8) is 0 Å². The molecule has 0 amide bonds. The quantitative estimate of drug-likeness (QED) is 0.908. The van der Waals surface area contributed by atoms with E-state index < -0.39 is 0 Å². The van der Waals surface area contributed by atoms with E-state index in [9.17, 15) is 0 Å². The van der Waals surface area contributed by atoms with Gasteiger partial charge in [0.25, 0.3) is 0 Å². The second-order valence-corrected chi connectivity index (χ2v) is 5.03. The van der Waals surface area contributed by atoms with Crippen molar-refractivity contribution >= 4 is 16.5 Å². The Hall–Kier alpha value is -1.75. The normalized spacial score (nSPS) is 10.3. The number of aryl methyl sites for hydroxylation is 1. The third-order valence-corrected chi connectivity index (χ3v) is 3.93. The first-order valence-electron chi connectivity index (χ1n) is 6.13.